The number of nitrogens with zero attached hydrogens (tertiary/aromatic N) is 2. The quantitative estimate of drug-likeness (QED) is 0.354. The largest absolute Gasteiger partial charge is 0.454 e. The molecular weight excluding hydrogens is 499 g/mol. The Morgan fingerprint density at radius 3 is 2.34 bits per heavy atom. The lowest BCUT2D eigenvalue weighted by Gasteiger charge is -2.28. The van der Waals surface area contributed by atoms with E-state index in [1.807, 2.05) is 30.0 Å². The van der Waals surface area contributed by atoms with Crippen LogP contribution in [-0.2, 0) is 13.1 Å². The number of ether oxygens (including phenoxy) is 2. The van der Waals surface area contributed by atoms with Gasteiger partial charge in [-0.3, -0.25) is 4.99 Å². The zero-order chi connectivity index (χ0) is 19.2. The third-order valence-electron chi connectivity index (χ3n) is 4.89. The number of fused-ring (bicyclic) bond motifs is 1. The van der Waals surface area contributed by atoms with E-state index in [0.29, 0.717) is 13.3 Å². The van der Waals surface area contributed by atoms with Gasteiger partial charge in [0.05, 0.1) is 0 Å². The average Bonchev–Trinajstić information content (AvgIpc) is 3.23. The van der Waals surface area contributed by atoms with Gasteiger partial charge in [0.1, 0.15) is 0 Å². The molecule has 0 saturated carbocycles. The van der Waals surface area contributed by atoms with Crippen LogP contribution in [0.2, 0.25) is 0 Å². The molecule has 156 valence electrons. The van der Waals surface area contributed by atoms with Crippen LogP contribution in [0.25, 0.3) is 0 Å². The molecule has 2 heterocycles. The number of hydrogen-bond acceptors (Lipinski definition) is 5. The van der Waals surface area contributed by atoms with Crippen molar-refractivity contribution in [2.45, 2.75) is 13.1 Å². The Morgan fingerprint density at radius 2 is 1.62 bits per heavy atom. The van der Waals surface area contributed by atoms with E-state index in [1.165, 1.54) is 22.8 Å². The van der Waals surface area contributed by atoms with Crippen LogP contribution in [0.15, 0.2) is 47.5 Å². The van der Waals surface area contributed by atoms with Gasteiger partial charge in [0.15, 0.2) is 17.5 Å². The minimum absolute atomic E-state index is 0. The van der Waals surface area contributed by atoms with Gasteiger partial charge >= 0.3 is 0 Å². The number of aliphatic imine (C=N–C) groups is 1. The normalized spacial score (nSPS) is 15.6. The molecule has 29 heavy (non-hydrogen) atoms. The molecule has 2 aromatic rings. The molecule has 2 N–H and O–H groups in total. The van der Waals surface area contributed by atoms with Gasteiger partial charge in [-0.2, -0.15) is 11.8 Å². The van der Waals surface area contributed by atoms with Gasteiger partial charge < -0.3 is 25.0 Å². The van der Waals surface area contributed by atoms with Crippen molar-refractivity contribution in [1.29, 1.82) is 0 Å². The summed E-state index contributed by atoms with van der Waals surface area (Å²) < 4.78 is 10.8. The number of thioether (sulfide) groups is 1. The molecule has 0 radical (unpaired) electrons. The van der Waals surface area contributed by atoms with Crippen molar-refractivity contribution >= 4 is 47.4 Å². The molecule has 0 amide bonds. The highest BCUT2D eigenvalue weighted by atomic mass is 127. The second-order valence-corrected chi connectivity index (χ2v) is 7.96. The predicted molar refractivity (Wildman–Crippen MR) is 131 cm³/mol. The Bertz CT molecular complexity index is 826. The molecule has 1 saturated heterocycles. The first-order valence-electron chi connectivity index (χ1n) is 9.56. The summed E-state index contributed by atoms with van der Waals surface area (Å²) in [6.45, 7) is 3.97. The van der Waals surface area contributed by atoms with Gasteiger partial charge in [-0.05, 0) is 35.4 Å². The lowest BCUT2D eigenvalue weighted by Crippen LogP contribution is -2.36. The molecular formula is C21H27IN4O2S. The second kappa shape index (κ2) is 10.8. The van der Waals surface area contributed by atoms with E-state index in [4.69, 9.17) is 9.47 Å². The van der Waals surface area contributed by atoms with E-state index in [9.17, 15) is 0 Å². The highest BCUT2D eigenvalue weighted by Crippen LogP contribution is 2.32. The summed E-state index contributed by atoms with van der Waals surface area (Å²) in [4.78, 5) is 6.77. The molecule has 0 atom stereocenters. The van der Waals surface area contributed by atoms with E-state index in [2.05, 4.69) is 44.8 Å². The first-order valence-corrected chi connectivity index (χ1v) is 10.7. The van der Waals surface area contributed by atoms with Crippen LogP contribution in [0.4, 0.5) is 5.69 Å². The van der Waals surface area contributed by atoms with Crippen LogP contribution in [0, 0.1) is 0 Å². The van der Waals surface area contributed by atoms with E-state index in [-0.39, 0.29) is 24.0 Å². The number of hydrogen-bond donors (Lipinski definition) is 2. The number of anilines is 1. The van der Waals surface area contributed by atoms with Crippen molar-refractivity contribution in [3.05, 3.63) is 53.6 Å². The van der Waals surface area contributed by atoms with E-state index in [1.54, 1.807) is 7.05 Å². The predicted octanol–water partition coefficient (Wildman–Crippen LogP) is 3.45. The molecule has 2 aromatic carbocycles. The highest BCUT2D eigenvalue weighted by Gasteiger charge is 2.13. The monoisotopic (exact) mass is 526 g/mol. The van der Waals surface area contributed by atoms with Crippen molar-refractivity contribution in [3.8, 4) is 11.5 Å². The van der Waals surface area contributed by atoms with E-state index in [0.717, 1.165) is 42.7 Å². The summed E-state index contributed by atoms with van der Waals surface area (Å²) in [7, 11) is 1.78. The molecule has 0 aliphatic carbocycles. The zero-order valence-corrected chi connectivity index (χ0v) is 19.7. The smallest absolute Gasteiger partial charge is 0.231 e. The molecule has 2 aliphatic rings. The second-order valence-electron chi connectivity index (χ2n) is 6.73. The fraction of sp³-hybridized carbons (Fsp3) is 0.381. The zero-order valence-electron chi connectivity index (χ0n) is 16.5. The fourth-order valence-corrected chi connectivity index (χ4v) is 4.19. The number of rotatable bonds is 5. The first-order chi connectivity index (χ1) is 13.8. The number of benzene rings is 2. The van der Waals surface area contributed by atoms with Crippen LogP contribution >= 0.6 is 35.7 Å². The number of nitrogens with one attached hydrogen (secondary N) is 2. The highest BCUT2D eigenvalue weighted by molar-refractivity contribution is 14.0. The standard InChI is InChI=1S/C21H26N4O2S.HI/c1-22-21(24-14-17-4-7-19-20(12-17)27-15-26-19)23-13-16-2-5-18(6-3-16)25-8-10-28-11-9-25;/h2-7,12H,8-11,13-15H2,1H3,(H2,22,23,24);1H. The Kier molecular flexibility index (Phi) is 8.17. The Morgan fingerprint density at radius 1 is 0.966 bits per heavy atom. The van der Waals surface area contributed by atoms with E-state index < -0.39 is 0 Å². The van der Waals surface area contributed by atoms with E-state index >= 15 is 0 Å². The Hall–Kier alpha value is -1.81. The van der Waals surface area contributed by atoms with Crippen molar-refractivity contribution in [2.24, 2.45) is 4.99 Å². The third-order valence-corrected chi connectivity index (χ3v) is 5.84. The molecule has 1 fully saturated rings. The summed E-state index contributed by atoms with van der Waals surface area (Å²) in [5.74, 6) is 4.81. The summed E-state index contributed by atoms with van der Waals surface area (Å²) in [5, 5.41) is 6.72. The molecule has 0 unspecified atom stereocenters. The van der Waals surface area contributed by atoms with Crippen molar-refractivity contribution in [3.63, 3.8) is 0 Å². The van der Waals surface area contributed by atoms with Crippen LogP contribution in [0.1, 0.15) is 11.1 Å². The minimum Gasteiger partial charge on any atom is -0.454 e. The van der Waals surface area contributed by atoms with Crippen LogP contribution < -0.4 is 25.0 Å². The summed E-state index contributed by atoms with van der Waals surface area (Å²) in [6.07, 6.45) is 0. The van der Waals surface area contributed by atoms with Gasteiger partial charge in [0.25, 0.3) is 0 Å². The van der Waals surface area contributed by atoms with Crippen LogP contribution in [0.3, 0.4) is 0 Å². The molecule has 0 aromatic heterocycles. The average molecular weight is 526 g/mol. The maximum Gasteiger partial charge on any atom is 0.231 e. The molecule has 4 rings (SSSR count). The summed E-state index contributed by atoms with van der Waals surface area (Å²) >= 11 is 2.03. The van der Waals surface area contributed by atoms with Crippen LogP contribution in [0.5, 0.6) is 11.5 Å². The van der Waals surface area contributed by atoms with Crippen molar-refractivity contribution < 1.29 is 9.47 Å². The molecule has 0 bridgehead atoms. The van der Waals surface area contributed by atoms with Crippen molar-refractivity contribution in [2.75, 3.05) is 43.3 Å². The lowest BCUT2D eigenvalue weighted by molar-refractivity contribution is 0.174. The molecule has 2 aliphatic heterocycles. The minimum atomic E-state index is 0. The van der Waals surface area contributed by atoms with Gasteiger partial charge in [0, 0.05) is 50.4 Å². The van der Waals surface area contributed by atoms with Crippen LogP contribution in [-0.4, -0.2) is 44.4 Å². The fourth-order valence-electron chi connectivity index (χ4n) is 3.29. The van der Waals surface area contributed by atoms with Gasteiger partial charge in [-0.1, -0.05) is 18.2 Å². The number of halogens is 1. The maximum atomic E-state index is 5.43. The Labute approximate surface area is 193 Å². The third kappa shape index (κ3) is 5.85. The van der Waals surface area contributed by atoms with Gasteiger partial charge in [-0.25, -0.2) is 0 Å². The Balaban J connectivity index is 0.00000240. The molecule has 0 spiro atoms. The topological polar surface area (TPSA) is 58.1 Å². The summed E-state index contributed by atoms with van der Waals surface area (Å²) in [6, 6.07) is 14.8. The van der Waals surface area contributed by atoms with Gasteiger partial charge in [0.2, 0.25) is 6.79 Å². The lowest BCUT2D eigenvalue weighted by atomic mass is 10.2. The summed E-state index contributed by atoms with van der Waals surface area (Å²) in [5.41, 5.74) is 3.67. The molecule has 8 heteroatoms. The maximum absolute atomic E-state index is 5.43. The van der Waals surface area contributed by atoms with Crippen molar-refractivity contribution in [1.82, 2.24) is 10.6 Å². The number of guanidine groups is 1. The SMILES string of the molecule is CN=C(NCc1ccc(N2CCSCC2)cc1)NCc1ccc2c(c1)OCO2.I. The van der Waals surface area contributed by atoms with Gasteiger partial charge in [-0.15, -0.1) is 24.0 Å². The first kappa shape index (κ1) is 21.9. The molecule has 6 nitrogen and oxygen atoms in total.